The Hall–Kier alpha value is -1.70. The van der Waals surface area contributed by atoms with Crippen LogP contribution in [0.3, 0.4) is 0 Å². The van der Waals surface area contributed by atoms with Crippen molar-refractivity contribution in [1.29, 1.82) is 0 Å². The highest BCUT2D eigenvalue weighted by atomic mass is 35.5. The minimum Gasteiger partial charge on any atom is -0.469 e. The molecule has 1 amide bonds. The first-order chi connectivity index (χ1) is 11.4. The van der Waals surface area contributed by atoms with Crippen molar-refractivity contribution in [1.82, 2.24) is 4.90 Å². The van der Waals surface area contributed by atoms with E-state index in [4.69, 9.17) is 37.4 Å². The summed E-state index contributed by atoms with van der Waals surface area (Å²) in [5.41, 5.74) is 0.412. The van der Waals surface area contributed by atoms with Crippen LogP contribution in [0.1, 0.15) is 18.0 Å². The molecule has 1 fully saturated rings. The Balaban J connectivity index is 2.45. The normalized spacial score (nSPS) is 20.1. The summed E-state index contributed by atoms with van der Waals surface area (Å²) < 4.78 is 15.1. The standard InChI is InChI=1S/C15H17Cl2NO6/c1-22-7-24-11-4-3-9(16)13(17)12(11)10-5-8(14(19)23-2)6-18(10)15(20)21/h3-4,8,10H,5-7H2,1-2H3,(H,20,21)/t8-,10+/m0/s1. The number of ether oxygens (including phenoxy) is 3. The molecule has 7 nitrogen and oxygen atoms in total. The number of halogens is 2. The molecule has 1 aliphatic heterocycles. The molecule has 0 radical (unpaired) electrons. The van der Waals surface area contributed by atoms with Crippen LogP contribution in [0.15, 0.2) is 12.1 Å². The maximum Gasteiger partial charge on any atom is 0.407 e. The number of nitrogens with zero attached hydrogens (tertiary/aromatic N) is 1. The summed E-state index contributed by atoms with van der Waals surface area (Å²) in [7, 11) is 2.73. The topological polar surface area (TPSA) is 85.3 Å². The van der Waals surface area contributed by atoms with Gasteiger partial charge in [-0.3, -0.25) is 4.79 Å². The van der Waals surface area contributed by atoms with E-state index in [2.05, 4.69) is 0 Å². The van der Waals surface area contributed by atoms with Gasteiger partial charge in [0, 0.05) is 19.2 Å². The predicted molar refractivity (Wildman–Crippen MR) is 86.6 cm³/mol. The van der Waals surface area contributed by atoms with E-state index in [0.717, 1.165) is 4.90 Å². The molecule has 9 heteroatoms. The van der Waals surface area contributed by atoms with Gasteiger partial charge >= 0.3 is 12.1 Å². The van der Waals surface area contributed by atoms with E-state index in [1.807, 2.05) is 0 Å². The van der Waals surface area contributed by atoms with E-state index in [0.29, 0.717) is 11.3 Å². The van der Waals surface area contributed by atoms with E-state index in [1.165, 1.54) is 14.2 Å². The van der Waals surface area contributed by atoms with Crippen molar-refractivity contribution in [3.8, 4) is 5.75 Å². The molecule has 132 valence electrons. The number of amides is 1. The van der Waals surface area contributed by atoms with E-state index >= 15 is 0 Å². The quantitative estimate of drug-likeness (QED) is 0.626. The molecule has 1 aromatic carbocycles. The number of carboxylic acid groups (broad SMARTS) is 1. The molecule has 0 aromatic heterocycles. The van der Waals surface area contributed by atoms with Crippen LogP contribution in [-0.4, -0.2) is 49.6 Å². The van der Waals surface area contributed by atoms with Crippen LogP contribution in [0.4, 0.5) is 4.79 Å². The fourth-order valence-corrected chi connectivity index (χ4v) is 3.21. The van der Waals surface area contributed by atoms with E-state index in [9.17, 15) is 14.7 Å². The maximum atomic E-state index is 11.8. The van der Waals surface area contributed by atoms with Gasteiger partial charge in [0.05, 0.1) is 29.1 Å². The highest BCUT2D eigenvalue weighted by molar-refractivity contribution is 6.42. The Morgan fingerprint density at radius 1 is 1.33 bits per heavy atom. The molecular weight excluding hydrogens is 361 g/mol. The van der Waals surface area contributed by atoms with Crippen molar-refractivity contribution in [3.05, 3.63) is 27.7 Å². The molecule has 0 spiro atoms. The Labute approximate surface area is 149 Å². The number of methoxy groups -OCH3 is 2. The third-order valence-corrected chi connectivity index (χ3v) is 4.66. The first-order valence-corrected chi connectivity index (χ1v) is 7.83. The Morgan fingerprint density at radius 3 is 2.62 bits per heavy atom. The van der Waals surface area contributed by atoms with Crippen LogP contribution in [0.2, 0.25) is 10.0 Å². The van der Waals surface area contributed by atoms with Crippen LogP contribution in [-0.2, 0) is 14.3 Å². The van der Waals surface area contributed by atoms with E-state index < -0.39 is 24.0 Å². The largest absolute Gasteiger partial charge is 0.469 e. The zero-order valence-corrected chi connectivity index (χ0v) is 14.6. The second kappa shape index (κ2) is 7.92. The number of hydrogen-bond donors (Lipinski definition) is 1. The summed E-state index contributed by atoms with van der Waals surface area (Å²) in [6, 6.07) is 2.47. The van der Waals surface area contributed by atoms with Gasteiger partial charge < -0.3 is 24.2 Å². The van der Waals surface area contributed by atoms with Gasteiger partial charge in [-0.25, -0.2) is 4.79 Å². The Morgan fingerprint density at radius 2 is 2.04 bits per heavy atom. The summed E-state index contributed by atoms with van der Waals surface area (Å²) in [6.07, 6.45) is -0.942. The highest BCUT2D eigenvalue weighted by Gasteiger charge is 2.42. The number of esters is 1. The molecule has 1 aliphatic rings. The van der Waals surface area contributed by atoms with Gasteiger partial charge in [-0.15, -0.1) is 0 Å². The fraction of sp³-hybridized carbons (Fsp3) is 0.467. The number of hydrogen-bond acceptors (Lipinski definition) is 5. The number of carbonyl (C=O) groups excluding carboxylic acids is 1. The highest BCUT2D eigenvalue weighted by Crippen LogP contribution is 2.45. The molecule has 1 saturated heterocycles. The van der Waals surface area contributed by atoms with Crippen molar-refractivity contribution in [2.45, 2.75) is 12.5 Å². The molecule has 0 bridgehead atoms. The second-order valence-corrected chi connectivity index (χ2v) is 6.02. The van der Waals surface area contributed by atoms with Gasteiger partial charge in [0.1, 0.15) is 5.75 Å². The van der Waals surface area contributed by atoms with Crippen molar-refractivity contribution < 1.29 is 28.9 Å². The number of benzene rings is 1. The number of rotatable bonds is 5. The lowest BCUT2D eigenvalue weighted by atomic mass is 9.99. The molecule has 1 heterocycles. The third-order valence-electron chi connectivity index (χ3n) is 3.84. The summed E-state index contributed by atoms with van der Waals surface area (Å²) in [5.74, 6) is -0.698. The average Bonchev–Trinajstić information content (AvgIpc) is 3.00. The lowest BCUT2D eigenvalue weighted by Crippen LogP contribution is -2.31. The van der Waals surface area contributed by atoms with Crippen LogP contribution < -0.4 is 4.74 Å². The van der Waals surface area contributed by atoms with E-state index in [-0.39, 0.29) is 29.8 Å². The monoisotopic (exact) mass is 377 g/mol. The smallest absolute Gasteiger partial charge is 0.407 e. The predicted octanol–water partition coefficient (Wildman–Crippen LogP) is 3.19. The molecule has 2 rings (SSSR count). The van der Waals surface area contributed by atoms with Crippen molar-refractivity contribution in [3.63, 3.8) is 0 Å². The van der Waals surface area contributed by atoms with Gasteiger partial charge in [0.2, 0.25) is 0 Å². The van der Waals surface area contributed by atoms with Crippen molar-refractivity contribution in [2.24, 2.45) is 5.92 Å². The average molecular weight is 378 g/mol. The molecule has 24 heavy (non-hydrogen) atoms. The van der Waals surface area contributed by atoms with Crippen molar-refractivity contribution >= 4 is 35.3 Å². The first-order valence-electron chi connectivity index (χ1n) is 7.07. The number of likely N-dealkylation sites (tertiary alicyclic amines) is 1. The molecule has 0 aliphatic carbocycles. The molecule has 1 N–H and O–H groups in total. The van der Waals surface area contributed by atoms with Gasteiger partial charge in [-0.2, -0.15) is 0 Å². The minimum absolute atomic E-state index is 0.0131. The zero-order chi connectivity index (χ0) is 17.9. The van der Waals surface area contributed by atoms with Gasteiger partial charge in [0.15, 0.2) is 6.79 Å². The molecule has 0 unspecified atom stereocenters. The van der Waals surface area contributed by atoms with Crippen LogP contribution in [0.5, 0.6) is 5.75 Å². The summed E-state index contributed by atoms with van der Waals surface area (Å²) >= 11 is 12.4. The number of carbonyl (C=O) groups is 2. The van der Waals surface area contributed by atoms with Crippen LogP contribution in [0.25, 0.3) is 0 Å². The molecule has 1 aromatic rings. The summed E-state index contributed by atoms with van der Waals surface area (Å²) in [4.78, 5) is 24.5. The lowest BCUT2D eigenvalue weighted by Gasteiger charge is -2.25. The summed E-state index contributed by atoms with van der Waals surface area (Å²) in [5, 5.41) is 9.93. The Kier molecular flexibility index (Phi) is 6.15. The third kappa shape index (κ3) is 3.68. The minimum atomic E-state index is -1.17. The zero-order valence-electron chi connectivity index (χ0n) is 13.1. The maximum absolute atomic E-state index is 11.8. The second-order valence-electron chi connectivity index (χ2n) is 5.23. The first kappa shape index (κ1) is 18.6. The van der Waals surface area contributed by atoms with Crippen molar-refractivity contribution in [2.75, 3.05) is 27.6 Å². The van der Waals surface area contributed by atoms with Gasteiger partial charge in [-0.1, -0.05) is 23.2 Å². The fourth-order valence-electron chi connectivity index (χ4n) is 2.77. The van der Waals surface area contributed by atoms with Gasteiger partial charge in [0.25, 0.3) is 0 Å². The van der Waals surface area contributed by atoms with Gasteiger partial charge in [-0.05, 0) is 18.6 Å². The summed E-state index contributed by atoms with van der Waals surface area (Å²) in [6.45, 7) is -0.0234. The Bertz CT molecular complexity index is 639. The molecular formula is C15H17Cl2NO6. The molecule has 2 atom stereocenters. The van der Waals surface area contributed by atoms with E-state index in [1.54, 1.807) is 12.1 Å². The SMILES string of the molecule is COCOc1ccc(Cl)c(Cl)c1[C@H]1C[C@H](C(=O)OC)CN1C(=O)O. The van der Waals surface area contributed by atoms with Crippen LogP contribution in [0, 0.1) is 5.92 Å². The van der Waals surface area contributed by atoms with Crippen LogP contribution >= 0.6 is 23.2 Å². The lowest BCUT2D eigenvalue weighted by molar-refractivity contribution is -0.144. The molecule has 0 saturated carbocycles.